The first kappa shape index (κ1) is 15.8. The van der Waals surface area contributed by atoms with Crippen molar-refractivity contribution in [3.63, 3.8) is 0 Å². The fourth-order valence-corrected chi connectivity index (χ4v) is 3.66. The van der Waals surface area contributed by atoms with E-state index in [1.54, 1.807) is 32.2 Å². The molecule has 1 aromatic heterocycles. The molecule has 0 radical (unpaired) electrons. The second-order valence-electron chi connectivity index (χ2n) is 4.64. The molecule has 21 heavy (non-hydrogen) atoms. The van der Waals surface area contributed by atoms with Gasteiger partial charge in [0.2, 0.25) is 0 Å². The van der Waals surface area contributed by atoms with E-state index in [0.29, 0.717) is 16.8 Å². The first-order valence-electron chi connectivity index (χ1n) is 6.18. The smallest absolute Gasteiger partial charge is 0.262 e. The molecule has 2 N–H and O–H groups in total. The molecule has 0 aliphatic rings. The van der Waals surface area contributed by atoms with E-state index in [-0.39, 0.29) is 16.5 Å². The number of anilines is 1. The van der Waals surface area contributed by atoms with Crippen LogP contribution in [0.4, 0.5) is 5.69 Å². The number of pyridine rings is 1. The van der Waals surface area contributed by atoms with Crippen LogP contribution in [0.15, 0.2) is 35.5 Å². The molecule has 112 valence electrons. The van der Waals surface area contributed by atoms with Gasteiger partial charge in [0.15, 0.2) is 0 Å². The lowest BCUT2D eigenvalue weighted by molar-refractivity contribution is 0.280. The van der Waals surface area contributed by atoms with Crippen LogP contribution >= 0.6 is 11.6 Å². The Hall–Kier alpha value is -1.63. The van der Waals surface area contributed by atoms with Gasteiger partial charge in [-0.15, -0.1) is 0 Å². The molecular weight excluding hydrogens is 312 g/mol. The van der Waals surface area contributed by atoms with Crippen molar-refractivity contribution in [2.45, 2.75) is 25.3 Å². The molecule has 0 saturated carbocycles. The highest BCUT2D eigenvalue weighted by Crippen LogP contribution is 2.26. The molecule has 1 heterocycles. The van der Waals surface area contributed by atoms with E-state index in [9.17, 15) is 13.5 Å². The van der Waals surface area contributed by atoms with Crippen molar-refractivity contribution in [3.05, 3.63) is 52.3 Å². The number of benzene rings is 1. The number of hydrogen-bond donors (Lipinski definition) is 2. The van der Waals surface area contributed by atoms with E-state index in [1.165, 1.54) is 12.3 Å². The van der Waals surface area contributed by atoms with Gasteiger partial charge in [-0.05, 0) is 48.7 Å². The zero-order chi connectivity index (χ0) is 15.6. The Labute approximate surface area is 128 Å². The Morgan fingerprint density at radius 3 is 2.67 bits per heavy atom. The number of hydrogen-bond acceptors (Lipinski definition) is 4. The molecule has 5 nitrogen and oxygen atoms in total. The average Bonchev–Trinajstić information content (AvgIpc) is 2.43. The Kier molecular flexibility index (Phi) is 4.51. The summed E-state index contributed by atoms with van der Waals surface area (Å²) in [7, 11) is -3.81. The third-order valence-corrected chi connectivity index (χ3v) is 4.89. The molecule has 0 unspecified atom stereocenters. The molecule has 0 amide bonds. The molecule has 0 bridgehead atoms. The molecule has 0 aliphatic heterocycles. The van der Waals surface area contributed by atoms with Crippen LogP contribution in [-0.4, -0.2) is 18.5 Å². The van der Waals surface area contributed by atoms with Crippen molar-refractivity contribution < 1.29 is 13.5 Å². The van der Waals surface area contributed by atoms with Gasteiger partial charge in [0.1, 0.15) is 0 Å². The number of nitrogens with zero attached hydrogens (tertiary/aromatic N) is 1. The van der Waals surface area contributed by atoms with E-state index in [4.69, 9.17) is 11.6 Å². The van der Waals surface area contributed by atoms with Gasteiger partial charge in [-0.1, -0.05) is 11.6 Å². The number of rotatable bonds is 4. The van der Waals surface area contributed by atoms with Gasteiger partial charge >= 0.3 is 0 Å². The SMILES string of the molecule is Cc1ccncc1NS(=O)(=O)c1cc(Cl)cc(CO)c1C. The maximum absolute atomic E-state index is 12.5. The summed E-state index contributed by atoms with van der Waals surface area (Å²) in [6.07, 6.45) is 3.03. The van der Waals surface area contributed by atoms with Crippen LogP contribution in [0.25, 0.3) is 0 Å². The number of nitrogens with one attached hydrogen (secondary N) is 1. The summed E-state index contributed by atoms with van der Waals surface area (Å²) in [5, 5.41) is 9.54. The number of halogens is 1. The van der Waals surface area contributed by atoms with E-state index >= 15 is 0 Å². The predicted octanol–water partition coefficient (Wildman–Crippen LogP) is 2.64. The molecule has 0 fully saturated rings. The lowest BCUT2D eigenvalue weighted by atomic mass is 10.1. The highest BCUT2D eigenvalue weighted by molar-refractivity contribution is 7.92. The van der Waals surface area contributed by atoms with Gasteiger partial charge < -0.3 is 5.11 Å². The van der Waals surface area contributed by atoms with Crippen molar-refractivity contribution in [1.82, 2.24) is 4.98 Å². The quantitative estimate of drug-likeness (QED) is 0.905. The topological polar surface area (TPSA) is 79.3 Å². The highest BCUT2D eigenvalue weighted by Gasteiger charge is 2.20. The van der Waals surface area contributed by atoms with Crippen molar-refractivity contribution in [1.29, 1.82) is 0 Å². The summed E-state index contributed by atoms with van der Waals surface area (Å²) in [4.78, 5) is 3.95. The average molecular weight is 327 g/mol. The van der Waals surface area contributed by atoms with E-state index < -0.39 is 10.0 Å². The van der Waals surface area contributed by atoms with Gasteiger partial charge in [-0.3, -0.25) is 9.71 Å². The van der Waals surface area contributed by atoms with Crippen LogP contribution in [0.5, 0.6) is 0 Å². The van der Waals surface area contributed by atoms with Crippen molar-refractivity contribution >= 4 is 27.3 Å². The zero-order valence-electron chi connectivity index (χ0n) is 11.6. The Bertz CT molecular complexity index is 776. The van der Waals surface area contributed by atoms with Crippen molar-refractivity contribution in [2.24, 2.45) is 0 Å². The van der Waals surface area contributed by atoms with Crippen LogP contribution in [0.3, 0.4) is 0 Å². The fourth-order valence-electron chi connectivity index (χ4n) is 1.92. The molecule has 0 spiro atoms. The van der Waals surface area contributed by atoms with Gasteiger partial charge in [-0.25, -0.2) is 8.42 Å². The predicted molar refractivity (Wildman–Crippen MR) is 81.9 cm³/mol. The standard InChI is InChI=1S/C14H15ClN2O3S/c1-9-3-4-16-7-13(9)17-21(19,20)14-6-12(15)5-11(8-18)10(14)2/h3-7,17-18H,8H2,1-2H3. The first-order chi connectivity index (χ1) is 9.85. The molecule has 1 aromatic carbocycles. The van der Waals surface area contributed by atoms with Gasteiger partial charge in [0, 0.05) is 11.2 Å². The lowest BCUT2D eigenvalue weighted by Gasteiger charge is -2.14. The summed E-state index contributed by atoms with van der Waals surface area (Å²) in [6.45, 7) is 3.14. The third-order valence-electron chi connectivity index (χ3n) is 3.18. The van der Waals surface area contributed by atoms with Crippen LogP contribution < -0.4 is 4.72 Å². The molecule has 0 aliphatic carbocycles. The minimum absolute atomic E-state index is 0.0438. The first-order valence-corrected chi connectivity index (χ1v) is 8.04. The number of aryl methyl sites for hydroxylation is 1. The van der Waals surface area contributed by atoms with E-state index in [1.807, 2.05) is 0 Å². The van der Waals surface area contributed by atoms with Crippen LogP contribution in [0.2, 0.25) is 5.02 Å². The summed E-state index contributed by atoms with van der Waals surface area (Å²) < 4.78 is 27.5. The summed E-state index contributed by atoms with van der Waals surface area (Å²) in [5.74, 6) is 0. The summed E-state index contributed by atoms with van der Waals surface area (Å²) in [6, 6.07) is 4.62. The second-order valence-corrected chi connectivity index (χ2v) is 6.73. The second kappa shape index (κ2) is 6.01. The number of aliphatic hydroxyl groups excluding tert-OH is 1. The van der Waals surface area contributed by atoms with Crippen LogP contribution in [-0.2, 0) is 16.6 Å². The van der Waals surface area contributed by atoms with Crippen LogP contribution in [0, 0.1) is 13.8 Å². The maximum Gasteiger partial charge on any atom is 0.262 e. The fraction of sp³-hybridized carbons (Fsp3) is 0.214. The number of aromatic nitrogens is 1. The minimum atomic E-state index is -3.81. The molecule has 0 atom stereocenters. The molecule has 2 rings (SSSR count). The van der Waals surface area contributed by atoms with Crippen molar-refractivity contribution in [3.8, 4) is 0 Å². The Balaban J connectivity index is 2.50. The minimum Gasteiger partial charge on any atom is -0.392 e. The Morgan fingerprint density at radius 2 is 2.05 bits per heavy atom. The number of aliphatic hydroxyl groups is 1. The third kappa shape index (κ3) is 3.34. The molecule has 0 saturated heterocycles. The zero-order valence-corrected chi connectivity index (χ0v) is 13.2. The van der Waals surface area contributed by atoms with Gasteiger partial charge in [0.25, 0.3) is 10.0 Å². The summed E-state index contributed by atoms with van der Waals surface area (Å²) >= 11 is 5.93. The summed E-state index contributed by atoms with van der Waals surface area (Å²) in [5.41, 5.74) is 2.11. The molecule has 7 heteroatoms. The molecular formula is C14H15ClN2O3S. The normalized spacial score (nSPS) is 11.4. The van der Waals surface area contributed by atoms with Gasteiger partial charge in [-0.2, -0.15) is 0 Å². The van der Waals surface area contributed by atoms with E-state index in [2.05, 4.69) is 9.71 Å². The van der Waals surface area contributed by atoms with E-state index in [0.717, 1.165) is 5.56 Å². The van der Waals surface area contributed by atoms with Crippen molar-refractivity contribution in [2.75, 3.05) is 4.72 Å². The maximum atomic E-state index is 12.5. The molecule has 2 aromatic rings. The van der Waals surface area contributed by atoms with Gasteiger partial charge in [0.05, 0.1) is 23.4 Å². The monoisotopic (exact) mass is 326 g/mol. The lowest BCUT2D eigenvalue weighted by Crippen LogP contribution is -2.16. The highest BCUT2D eigenvalue weighted by atomic mass is 35.5. The Morgan fingerprint density at radius 1 is 1.33 bits per heavy atom. The largest absolute Gasteiger partial charge is 0.392 e. The number of sulfonamides is 1. The van der Waals surface area contributed by atoms with Crippen LogP contribution in [0.1, 0.15) is 16.7 Å².